The van der Waals surface area contributed by atoms with Crippen LogP contribution in [-0.4, -0.2) is 24.0 Å². The maximum atomic E-state index is 11.7. The average Bonchev–Trinajstić information content (AvgIpc) is 2.32. The molecule has 17 heavy (non-hydrogen) atoms. The van der Waals surface area contributed by atoms with E-state index >= 15 is 0 Å². The van der Waals surface area contributed by atoms with Crippen LogP contribution in [0.2, 0.25) is 5.02 Å². The molecule has 0 unspecified atom stereocenters. The van der Waals surface area contributed by atoms with Crippen LogP contribution in [-0.2, 0) is 0 Å². The Labute approximate surface area is 110 Å². The Morgan fingerprint density at radius 3 is 3.00 bits per heavy atom. The minimum absolute atomic E-state index is 0.133. The highest BCUT2D eigenvalue weighted by molar-refractivity contribution is 7.99. The van der Waals surface area contributed by atoms with Gasteiger partial charge in [0.25, 0.3) is 5.91 Å². The van der Waals surface area contributed by atoms with E-state index in [1.165, 1.54) is 0 Å². The van der Waals surface area contributed by atoms with Gasteiger partial charge >= 0.3 is 0 Å². The SMILES string of the molecule is C=CCSCCNC(=O)c1ccc(N)c(Cl)c1. The fourth-order valence-electron chi connectivity index (χ4n) is 1.17. The van der Waals surface area contributed by atoms with Crippen molar-refractivity contribution in [1.29, 1.82) is 0 Å². The maximum absolute atomic E-state index is 11.7. The normalized spacial score (nSPS) is 9.94. The van der Waals surface area contributed by atoms with E-state index in [9.17, 15) is 4.79 Å². The monoisotopic (exact) mass is 270 g/mol. The quantitative estimate of drug-likeness (QED) is 0.475. The smallest absolute Gasteiger partial charge is 0.251 e. The van der Waals surface area contributed by atoms with Gasteiger partial charge < -0.3 is 11.1 Å². The number of nitrogens with two attached hydrogens (primary N) is 1. The third kappa shape index (κ3) is 4.71. The summed E-state index contributed by atoms with van der Waals surface area (Å²) >= 11 is 7.56. The Morgan fingerprint density at radius 1 is 1.59 bits per heavy atom. The van der Waals surface area contributed by atoms with Gasteiger partial charge in [0, 0.05) is 23.6 Å². The number of nitrogens with one attached hydrogen (secondary N) is 1. The highest BCUT2D eigenvalue weighted by atomic mass is 35.5. The molecule has 0 spiro atoms. The van der Waals surface area contributed by atoms with Gasteiger partial charge in [0.2, 0.25) is 0 Å². The number of rotatable bonds is 6. The highest BCUT2D eigenvalue weighted by Crippen LogP contribution is 2.19. The largest absolute Gasteiger partial charge is 0.398 e. The Balaban J connectivity index is 2.41. The van der Waals surface area contributed by atoms with Crippen LogP contribution in [0.5, 0.6) is 0 Å². The predicted molar refractivity (Wildman–Crippen MR) is 75.7 cm³/mol. The summed E-state index contributed by atoms with van der Waals surface area (Å²) in [6.07, 6.45) is 1.84. The van der Waals surface area contributed by atoms with E-state index < -0.39 is 0 Å². The molecule has 0 aliphatic rings. The molecule has 0 bridgehead atoms. The second kappa shape index (κ2) is 7.25. The first kappa shape index (κ1) is 13.9. The molecule has 92 valence electrons. The summed E-state index contributed by atoms with van der Waals surface area (Å²) in [6.45, 7) is 4.25. The first-order chi connectivity index (χ1) is 8.15. The van der Waals surface area contributed by atoms with Gasteiger partial charge in [-0.1, -0.05) is 17.7 Å². The number of thioether (sulfide) groups is 1. The van der Waals surface area contributed by atoms with Crippen LogP contribution < -0.4 is 11.1 Å². The van der Waals surface area contributed by atoms with Gasteiger partial charge in [-0.25, -0.2) is 0 Å². The van der Waals surface area contributed by atoms with Gasteiger partial charge in [-0.2, -0.15) is 11.8 Å². The zero-order valence-corrected chi connectivity index (χ0v) is 11.0. The molecule has 0 saturated heterocycles. The number of hydrogen-bond donors (Lipinski definition) is 2. The Morgan fingerprint density at radius 2 is 2.35 bits per heavy atom. The van der Waals surface area contributed by atoms with Crippen LogP contribution in [0.3, 0.4) is 0 Å². The molecule has 3 nitrogen and oxygen atoms in total. The lowest BCUT2D eigenvalue weighted by atomic mass is 10.2. The highest BCUT2D eigenvalue weighted by Gasteiger charge is 2.06. The van der Waals surface area contributed by atoms with Crippen molar-refractivity contribution in [2.45, 2.75) is 0 Å². The number of halogens is 1. The van der Waals surface area contributed by atoms with Crippen molar-refractivity contribution in [1.82, 2.24) is 5.32 Å². The van der Waals surface area contributed by atoms with Crippen molar-refractivity contribution in [3.63, 3.8) is 0 Å². The average molecular weight is 271 g/mol. The fourth-order valence-corrected chi connectivity index (χ4v) is 1.93. The lowest BCUT2D eigenvalue weighted by Gasteiger charge is -2.05. The topological polar surface area (TPSA) is 55.1 Å². The zero-order valence-electron chi connectivity index (χ0n) is 9.41. The van der Waals surface area contributed by atoms with Gasteiger partial charge in [0.05, 0.1) is 10.7 Å². The summed E-state index contributed by atoms with van der Waals surface area (Å²) in [5.41, 5.74) is 6.57. The van der Waals surface area contributed by atoms with E-state index in [0.29, 0.717) is 22.8 Å². The summed E-state index contributed by atoms with van der Waals surface area (Å²) < 4.78 is 0. The minimum Gasteiger partial charge on any atom is -0.398 e. The number of carbonyl (C=O) groups excluding carboxylic acids is 1. The molecule has 3 N–H and O–H groups in total. The molecule has 5 heteroatoms. The molecule has 0 aliphatic heterocycles. The van der Waals surface area contributed by atoms with Crippen LogP contribution in [0.25, 0.3) is 0 Å². The van der Waals surface area contributed by atoms with E-state index in [1.54, 1.807) is 30.0 Å². The van der Waals surface area contributed by atoms with Crippen molar-refractivity contribution in [3.05, 3.63) is 41.4 Å². The summed E-state index contributed by atoms with van der Waals surface area (Å²) in [7, 11) is 0. The van der Waals surface area contributed by atoms with Crippen molar-refractivity contribution >= 4 is 35.0 Å². The lowest BCUT2D eigenvalue weighted by Crippen LogP contribution is -2.25. The molecule has 0 heterocycles. The van der Waals surface area contributed by atoms with Gasteiger partial charge in [-0.05, 0) is 18.2 Å². The zero-order chi connectivity index (χ0) is 12.7. The second-order valence-electron chi connectivity index (χ2n) is 3.36. The molecular formula is C12H15ClN2OS. The molecule has 0 fully saturated rings. The predicted octanol–water partition coefficient (Wildman–Crippen LogP) is 2.57. The van der Waals surface area contributed by atoms with Gasteiger partial charge in [0.1, 0.15) is 0 Å². The Kier molecular flexibility index (Phi) is 5.94. The van der Waals surface area contributed by atoms with E-state index in [-0.39, 0.29) is 5.91 Å². The minimum atomic E-state index is -0.133. The molecule has 0 radical (unpaired) electrons. The van der Waals surface area contributed by atoms with E-state index in [2.05, 4.69) is 11.9 Å². The summed E-state index contributed by atoms with van der Waals surface area (Å²) in [5, 5.41) is 3.21. The first-order valence-electron chi connectivity index (χ1n) is 5.17. The summed E-state index contributed by atoms with van der Waals surface area (Å²) in [4.78, 5) is 11.7. The third-order valence-corrected chi connectivity index (χ3v) is 3.32. The Bertz CT molecular complexity index is 409. The number of benzene rings is 1. The standard InChI is InChI=1S/C12H15ClN2OS/c1-2-6-17-7-5-15-12(16)9-3-4-11(14)10(13)8-9/h2-4,8H,1,5-7,14H2,(H,15,16). The molecule has 1 aromatic carbocycles. The van der Waals surface area contributed by atoms with E-state index in [1.807, 2.05) is 6.08 Å². The lowest BCUT2D eigenvalue weighted by molar-refractivity contribution is 0.0956. The summed E-state index contributed by atoms with van der Waals surface area (Å²) in [5.74, 6) is 1.62. The van der Waals surface area contributed by atoms with E-state index in [4.69, 9.17) is 17.3 Å². The van der Waals surface area contributed by atoms with Crippen LogP contribution in [0.1, 0.15) is 10.4 Å². The molecule has 0 atom stereocenters. The maximum Gasteiger partial charge on any atom is 0.251 e. The molecule has 1 aromatic rings. The van der Waals surface area contributed by atoms with Crippen molar-refractivity contribution < 1.29 is 4.79 Å². The molecular weight excluding hydrogens is 256 g/mol. The molecule has 0 saturated carbocycles. The molecule has 1 rings (SSSR count). The van der Waals surface area contributed by atoms with Crippen molar-refractivity contribution in [3.8, 4) is 0 Å². The Hall–Kier alpha value is -1.13. The van der Waals surface area contributed by atoms with Crippen LogP contribution in [0.4, 0.5) is 5.69 Å². The van der Waals surface area contributed by atoms with Crippen LogP contribution in [0.15, 0.2) is 30.9 Å². The van der Waals surface area contributed by atoms with Gasteiger partial charge in [-0.3, -0.25) is 4.79 Å². The molecule has 0 aliphatic carbocycles. The van der Waals surface area contributed by atoms with Crippen LogP contribution in [0, 0.1) is 0 Å². The second-order valence-corrected chi connectivity index (χ2v) is 4.91. The van der Waals surface area contributed by atoms with E-state index in [0.717, 1.165) is 11.5 Å². The van der Waals surface area contributed by atoms with Gasteiger partial charge in [-0.15, -0.1) is 6.58 Å². The first-order valence-corrected chi connectivity index (χ1v) is 6.70. The van der Waals surface area contributed by atoms with Crippen molar-refractivity contribution in [2.24, 2.45) is 0 Å². The summed E-state index contributed by atoms with van der Waals surface area (Å²) in [6, 6.07) is 4.86. The number of hydrogen-bond acceptors (Lipinski definition) is 3. The number of amides is 1. The van der Waals surface area contributed by atoms with Crippen LogP contribution >= 0.6 is 23.4 Å². The number of nitrogen functional groups attached to an aromatic ring is 1. The fraction of sp³-hybridized carbons (Fsp3) is 0.250. The third-order valence-electron chi connectivity index (χ3n) is 2.03. The number of carbonyl (C=O) groups is 1. The number of anilines is 1. The van der Waals surface area contributed by atoms with Crippen molar-refractivity contribution in [2.75, 3.05) is 23.8 Å². The molecule has 1 amide bonds. The molecule has 0 aromatic heterocycles. The van der Waals surface area contributed by atoms with Gasteiger partial charge in [0.15, 0.2) is 0 Å².